The number of halogens is 1. The molecule has 2 aliphatic heterocycles. The summed E-state index contributed by atoms with van der Waals surface area (Å²) in [6.07, 6.45) is 9.68. The highest BCUT2D eigenvalue weighted by molar-refractivity contribution is 6.33. The number of carbonyl (C=O) groups excluding carboxylic acids is 2. The van der Waals surface area contributed by atoms with Crippen molar-refractivity contribution < 1.29 is 19.1 Å². The smallest absolute Gasteiger partial charge is 0.410 e. The summed E-state index contributed by atoms with van der Waals surface area (Å²) in [5.74, 6) is 0.553. The molecule has 1 aromatic carbocycles. The van der Waals surface area contributed by atoms with Gasteiger partial charge >= 0.3 is 6.09 Å². The van der Waals surface area contributed by atoms with E-state index in [2.05, 4.69) is 35.0 Å². The number of hydrogen-bond acceptors (Lipinski definition) is 5. The Morgan fingerprint density at radius 3 is 2.63 bits per heavy atom. The molecule has 190 valence electrons. The number of anilines is 1. The monoisotopic (exact) mass is 501 g/mol. The Labute approximate surface area is 213 Å². The standard InChI is InChI=1S/C27H36ClN3O4/c1-19-17-30(25(33)35-26(2,3)4)9-10-31(19)24-14-20(21(13-23(24)28)16-29-18-32)5-6-22-15-27(22)7-11-34-12-8-27/h5-6,13-14,16,18-19,22H,7-12,15,17H2,1-4H3/b6-5+,29-16?. The molecule has 2 saturated heterocycles. The molecule has 8 heteroatoms. The summed E-state index contributed by atoms with van der Waals surface area (Å²) in [6.45, 7) is 11.2. The van der Waals surface area contributed by atoms with E-state index in [1.54, 1.807) is 11.1 Å². The van der Waals surface area contributed by atoms with Crippen molar-refractivity contribution in [2.45, 2.75) is 58.6 Å². The third-order valence-corrected chi connectivity index (χ3v) is 7.57. The van der Waals surface area contributed by atoms with Crippen LogP contribution in [0.2, 0.25) is 5.02 Å². The van der Waals surface area contributed by atoms with E-state index in [1.807, 2.05) is 26.8 Å². The molecule has 0 bridgehead atoms. The van der Waals surface area contributed by atoms with Gasteiger partial charge in [0.15, 0.2) is 0 Å². The molecular weight excluding hydrogens is 466 g/mol. The Morgan fingerprint density at radius 1 is 1.23 bits per heavy atom. The minimum atomic E-state index is -0.522. The van der Waals surface area contributed by atoms with Crippen molar-refractivity contribution in [1.29, 1.82) is 0 Å². The molecule has 0 aromatic heterocycles. The van der Waals surface area contributed by atoms with Crippen LogP contribution < -0.4 is 4.90 Å². The van der Waals surface area contributed by atoms with Crippen molar-refractivity contribution in [2.24, 2.45) is 16.3 Å². The van der Waals surface area contributed by atoms with Gasteiger partial charge in [0.05, 0.1) is 10.7 Å². The van der Waals surface area contributed by atoms with E-state index in [-0.39, 0.29) is 12.1 Å². The van der Waals surface area contributed by atoms with Crippen LogP contribution in [0.15, 0.2) is 23.2 Å². The van der Waals surface area contributed by atoms with Gasteiger partial charge < -0.3 is 19.3 Å². The Balaban J connectivity index is 1.53. The molecule has 2 unspecified atom stereocenters. The number of hydrogen-bond donors (Lipinski definition) is 0. The number of piperazine rings is 1. The van der Waals surface area contributed by atoms with E-state index in [4.69, 9.17) is 21.1 Å². The molecule has 7 nitrogen and oxygen atoms in total. The van der Waals surface area contributed by atoms with E-state index in [1.165, 1.54) is 6.42 Å². The quantitative estimate of drug-likeness (QED) is 0.410. The summed E-state index contributed by atoms with van der Waals surface area (Å²) in [6, 6.07) is 4.01. The average Bonchev–Trinajstić information content (AvgIpc) is 3.47. The van der Waals surface area contributed by atoms with Crippen LogP contribution in [-0.4, -0.2) is 68.1 Å². The largest absolute Gasteiger partial charge is 0.444 e. The van der Waals surface area contributed by atoms with Crippen LogP contribution in [0.1, 0.15) is 58.1 Å². The number of carbonyl (C=O) groups is 2. The van der Waals surface area contributed by atoms with E-state index < -0.39 is 5.60 Å². The maximum Gasteiger partial charge on any atom is 0.410 e. The maximum atomic E-state index is 12.6. The second-order valence-electron chi connectivity index (χ2n) is 10.9. The summed E-state index contributed by atoms with van der Waals surface area (Å²) >= 11 is 6.72. The highest BCUT2D eigenvalue weighted by Crippen LogP contribution is 2.60. The van der Waals surface area contributed by atoms with Crippen LogP contribution >= 0.6 is 11.6 Å². The lowest BCUT2D eigenvalue weighted by atomic mass is 9.93. The topological polar surface area (TPSA) is 71.4 Å². The third-order valence-electron chi connectivity index (χ3n) is 7.27. The number of nitrogens with zero attached hydrogens (tertiary/aromatic N) is 3. The Bertz CT molecular complexity index is 1010. The number of amides is 2. The van der Waals surface area contributed by atoms with Gasteiger partial charge in [0, 0.05) is 50.7 Å². The molecule has 0 radical (unpaired) electrons. The van der Waals surface area contributed by atoms with Crippen molar-refractivity contribution in [3.05, 3.63) is 34.4 Å². The van der Waals surface area contributed by atoms with Crippen molar-refractivity contribution in [3.8, 4) is 0 Å². The molecule has 1 aromatic rings. The Kier molecular flexibility index (Phi) is 7.57. The number of aliphatic imine (C=N–C) groups is 1. The van der Waals surface area contributed by atoms with Crippen molar-refractivity contribution >= 4 is 42.1 Å². The molecule has 1 saturated carbocycles. The SMILES string of the molecule is CC1CN(C(=O)OC(C)(C)C)CCN1c1cc(/C=C/C2CC23CCOCC3)c(C=NC=O)cc1Cl. The summed E-state index contributed by atoms with van der Waals surface area (Å²) in [5, 5.41) is 0.597. The molecule has 2 amide bonds. The second-order valence-corrected chi connectivity index (χ2v) is 11.3. The zero-order valence-corrected chi connectivity index (χ0v) is 21.9. The molecule has 2 heterocycles. The molecular formula is C27H36ClN3O4. The van der Waals surface area contributed by atoms with Crippen molar-refractivity contribution in [3.63, 3.8) is 0 Å². The minimum absolute atomic E-state index is 0.0639. The number of benzene rings is 1. The molecule has 3 aliphatic rings. The fourth-order valence-corrected chi connectivity index (χ4v) is 5.49. The zero-order valence-electron chi connectivity index (χ0n) is 21.1. The van der Waals surface area contributed by atoms with E-state index in [0.29, 0.717) is 42.4 Å². The summed E-state index contributed by atoms with van der Waals surface area (Å²) in [5.41, 5.74) is 2.58. The van der Waals surface area contributed by atoms with Gasteiger partial charge in [-0.1, -0.05) is 23.8 Å². The molecule has 4 rings (SSSR count). The molecule has 1 aliphatic carbocycles. The van der Waals surface area contributed by atoms with Crippen molar-refractivity contribution in [1.82, 2.24) is 4.90 Å². The van der Waals surface area contributed by atoms with Crippen LogP contribution in [0.5, 0.6) is 0 Å². The van der Waals surface area contributed by atoms with E-state index in [9.17, 15) is 9.59 Å². The first-order chi connectivity index (χ1) is 16.6. The lowest BCUT2D eigenvalue weighted by Crippen LogP contribution is -2.54. The van der Waals surface area contributed by atoms with E-state index in [0.717, 1.165) is 42.9 Å². The number of allylic oxidation sites excluding steroid dienone is 1. The molecule has 35 heavy (non-hydrogen) atoms. The first-order valence-corrected chi connectivity index (χ1v) is 12.8. The van der Waals surface area contributed by atoms with Crippen molar-refractivity contribution in [2.75, 3.05) is 37.7 Å². The van der Waals surface area contributed by atoms with Gasteiger partial charge in [-0.2, -0.15) is 0 Å². The van der Waals surface area contributed by atoms with Gasteiger partial charge in [-0.25, -0.2) is 9.79 Å². The highest BCUT2D eigenvalue weighted by atomic mass is 35.5. The van der Waals surface area contributed by atoms with Crippen LogP contribution in [-0.2, 0) is 14.3 Å². The fourth-order valence-electron chi connectivity index (χ4n) is 5.21. The Hall–Kier alpha value is -2.38. The zero-order chi connectivity index (χ0) is 25.2. The molecule has 3 fully saturated rings. The van der Waals surface area contributed by atoms with Gasteiger partial charge in [-0.05, 0) is 76.0 Å². The average molecular weight is 502 g/mol. The van der Waals surface area contributed by atoms with Crippen LogP contribution in [0, 0.1) is 11.3 Å². The predicted octanol–water partition coefficient (Wildman–Crippen LogP) is 5.19. The van der Waals surface area contributed by atoms with Gasteiger partial charge in [0.25, 0.3) is 0 Å². The van der Waals surface area contributed by atoms with E-state index >= 15 is 0 Å². The summed E-state index contributed by atoms with van der Waals surface area (Å²) in [7, 11) is 0. The number of ether oxygens (including phenoxy) is 2. The first kappa shape index (κ1) is 25.7. The second kappa shape index (κ2) is 10.3. The Morgan fingerprint density at radius 2 is 1.97 bits per heavy atom. The van der Waals surface area contributed by atoms with Crippen LogP contribution in [0.3, 0.4) is 0 Å². The highest BCUT2D eigenvalue weighted by Gasteiger charge is 2.52. The van der Waals surface area contributed by atoms with Gasteiger partial charge in [-0.15, -0.1) is 0 Å². The predicted molar refractivity (Wildman–Crippen MR) is 139 cm³/mol. The molecule has 1 spiro atoms. The maximum absolute atomic E-state index is 12.6. The summed E-state index contributed by atoms with van der Waals surface area (Å²) in [4.78, 5) is 31.2. The third kappa shape index (κ3) is 6.07. The fraction of sp³-hybridized carbons (Fsp3) is 0.593. The van der Waals surface area contributed by atoms with Gasteiger partial charge in [0.1, 0.15) is 5.60 Å². The van der Waals surface area contributed by atoms with Crippen LogP contribution in [0.4, 0.5) is 10.5 Å². The molecule has 0 N–H and O–H groups in total. The molecule has 2 atom stereocenters. The van der Waals surface area contributed by atoms with Gasteiger partial charge in [-0.3, -0.25) is 4.79 Å². The van der Waals surface area contributed by atoms with Crippen LogP contribution in [0.25, 0.3) is 6.08 Å². The number of rotatable bonds is 5. The lowest BCUT2D eigenvalue weighted by molar-refractivity contribution is -0.106. The minimum Gasteiger partial charge on any atom is -0.444 e. The first-order valence-electron chi connectivity index (χ1n) is 12.4. The van der Waals surface area contributed by atoms with Gasteiger partial charge in [0.2, 0.25) is 6.41 Å². The normalized spacial score (nSPS) is 24.4. The summed E-state index contributed by atoms with van der Waals surface area (Å²) < 4.78 is 11.1. The lowest BCUT2D eigenvalue weighted by Gasteiger charge is -2.42.